The Labute approximate surface area is 160 Å². The summed E-state index contributed by atoms with van der Waals surface area (Å²) in [4.78, 5) is 23.2. The average molecular weight is 393 g/mol. The molecule has 1 aromatic carbocycles. The fraction of sp³-hybridized carbons (Fsp3) is 0.474. The van der Waals surface area contributed by atoms with Crippen LogP contribution in [0.1, 0.15) is 12.5 Å². The van der Waals surface area contributed by atoms with Crippen LogP contribution in [0.2, 0.25) is 0 Å². The van der Waals surface area contributed by atoms with E-state index >= 15 is 0 Å². The van der Waals surface area contributed by atoms with Crippen molar-refractivity contribution in [3.63, 3.8) is 0 Å². The van der Waals surface area contributed by atoms with E-state index in [9.17, 15) is 19.8 Å². The maximum absolute atomic E-state index is 11.6. The minimum atomic E-state index is -1.16. The second-order valence-corrected chi connectivity index (χ2v) is 6.67. The number of aliphatic hydroxyl groups excluding tert-OH is 2. The zero-order valence-electron chi connectivity index (χ0n) is 15.7. The zero-order valence-corrected chi connectivity index (χ0v) is 15.7. The van der Waals surface area contributed by atoms with E-state index in [4.69, 9.17) is 18.6 Å². The molecule has 9 heteroatoms. The molecule has 0 radical (unpaired) electrons. The van der Waals surface area contributed by atoms with E-state index in [1.165, 1.54) is 20.1 Å². The molecule has 2 aromatic rings. The Bertz CT molecular complexity index is 910. The molecule has 3 rings (SSSR count). The minimum Gasteiger partial charge on any atom is -0.462 e. The van der Waals surface area contributed by atoms with Gasteiger partial charge in [-0.15, -0.1) is 0 Å². The third kappa shape index (κ3) is 4.02. The number of ether oxygens (including phenoxy) is 3. The SMILES string of the molecule is CO[C@H]1[C@H](O)[C@@H](CO)O[C@@H](Oc2ccc3c(C)cc(=O)oc3c2)[C@@H]1NC(C)=O. The number of benzene rings is 1. The minimum absolute atomic E-state index is 0.324. The number of amides is 1. The molecular weight excluding hydrogens is 370 g/mol. The number of aryl methyl sites for hydroxylation is 1. The fourth-order valence-corrected chi connectivity index (χ4v) is 3.35. The number of carbonyl (C=O) groups is 1. The van der Waals surface area contributed by atoms with E-state index < -0.39 is 42.9 Å². The van der Waals surface area contributed by atoms with Crippen LogP contribution in [0.25, 0.3) is 11.0 Å². The summed E-state index contributed by atoms with van der Waals surface area (Å²) < 4.78 is 22.1. The lowest BCUT2D eigenvalue weighted by atomic mass is 9.96. The van der Waals surface area contributed by atoms with Gasteiger partial charge in [0, 0.05) is 31.6 Å². The van der Waals surface area contributed by atoms with E-state index in [0.717, 1.165) is 10.9 Å². The molecule has 0 aliphatic carbocycles. The van der Waals surface area contributed by atoms with Crippen molar-refractivity contribution in [2.75, 3.05) is 13.7 Å². The van der Waals surface area contributed by atoms with Gasteiger partial charge in [-0.25, -0.2) is 4.79 Å². The van der Waals surface area contributed by atoms with Gasteiger partial charge in [0.2, 0.25) is 12.2 Å². The third-order valence-electron chi connectivity index (χ3n) is 4.67. The quantitative estimate of drug-likeness (QED) is 0.610. The number of nitrogens with one attached hydrogen (secondary N) is 1. The van der Waals surface area contributed by atoms with Gasteiger partial charge < -0.3 is 34.2 Å². The van der Waals surface area contributed by atoms with Gasteiger partial charge >= 0.3 is 5.63 Å². The summed E-state index contributed by atoms with van der Waals surface area (Å²) in [6, 6.07) is 5.52. The highest BCUT2D eigenvalue weighted by atomic mass is 16.7. The second kappa shape index (κ2) is 8.27. The first-order valence-corrected chi connectivity index (χ1v) is 8.79. The van der Waals surface area contributed by atoms with Crippen molar-refractivity contribution in [2.45, 2.75) is 44.5 Å². The Morgan fingerprint density at radius 1 is 1.32 bits per heavy atom. The van der Waals surface area contributed by atoms with E-state index in [1.54, 1.807) is 25.1 Å². The Morgan fingerprint density at radius 2 is 2.07 bits per heavy atom. The largest absolute Gasteiger partial charge is 0.462 e. The maximum Gasteiger partial charge on any atom is 0.336 e. The molecule has 0 spiro atoms. The molecular formula is C19H23NO8. The lowest BCUT2D eigenvalue weighted by Gasteiger charge is -2.43. The van der Waals surface area contributed by atoms with Crippen LogP contribution in [0.15, 0.2) is 33.5 Å². The van der Waals surface area contributed by atoms with Gasteiger partial charge in [0.05, 0.1) is 6.61 Å². The van der Waals surface area contributed by atoms with Gasteiger partial charge in [0.15, 0.2) is 0 Å². The van der Waals surface area contributed by atoms with Crippen molar-refractivity contribution in [2.24, 2.45) is 0 Å². The topological polar surface area (TPSA) is 127 Å². The molecule has 0 bridgehead atoms. The molecule has 1 aliphatic rings. The Hall–Kier alpha value is -2.46. The number of hydrogen-bond acceptors (Lipinski definition) is 8. The summed E-state index contributed by atoms with van der Waals surface area (Å²) in [7, 11) is 1.38. The van der Waals surface area contributed by atoms with Crippen LogP contribution in [0.5, 0.6) is 5.75 Å². The van der Waals surface area contributed by atoms with E-state index in [1.807, 2.05) is 0 Å². The smallest absolute Gasteiger partial charge is 0.336 e. The van der Waals surface area contributed by atoms with Crippen LogP contribution in [0, 0.1) is 6.92 Å². The normalized spacial score (nSPS) is 27.5. The lowest BCUT2D eigenvalue weighted by molar-refractivity contribution is -0.249. The van der Waals surface area contributed by atoms with Crippen LogP contribution in [-0.4, -0.2) is 60.5 Å². The first kappa shape index (κ1) is 20.3. The number of rotatable bonds is 5. The van der Waals surface area contributed by atoms with Crippen molar-refractivity contribution in [1.29, 1.82) is 0 Å². The van der Waals surface area contributed by atoms with Gasteiger partial charge in [-0.2, -0.15) is 0 Å². The Morgan fingerprint density at radius 3 is 2.71 bits per heavy atom. The molecule has 5 atom stereocenters. The maximum atomic E-state index is 11.6. The van der Waals surface area contributed by atoms with Gasteiger partial charge in [-0.1, -0.05) is 0 Å². The Balaban J connectivity index is 1.93. The van der Waals surface area contributed by atoms with E-state index in [0.29, 0.717) is 11.3 Å². The molecule has 1 aromatic heterocycles. The number of aliphatic hydroxyl groups is 2. The first-order valence-electron chi connectivity index (χ1n) is 8.79. The van der Waals surface area contributed by atoms with Crippen LogP contribution in [0.3, 0.4) is 0 Å². The molecule has 1 fully saturated rings. The molecule has 28 heavy (non-hydrogen) atoms. The number of carbonyl (C=O) groups excluding carboxylic acids is 1. The molecule has 2 heterocycles. The van der Waals surface area contributed by atoms with E-state index in [-0.39, 0.29) is 5.91 Å². The van der Waals surface area contributed by atoms with Gasteiger partial charge in [-0.3, -0.25) is 4.79 Å². The molecule has 9 nitrogen and oxygen atoms in total. The number of hydrogen-bond donors (Lipinski definition) is 3. The van der Waals surface area contributed by atoms with E-state index in [2.05, 4.69) is 5.32 Å². The summed E-state index contributed by atoms with van der Waals surface area (Å²) in [5.41, 5.74) is 0.636. The standard InChI is InChI=1S/C19H23NO8/c1-9-6-15(23)27-13-7-11(4-5-12(9)13)26-19-16(20-10(2)22)18(25-3)17(24)14(8-21)28-19/h4-7,14,16-19,21,24H,8H2,1-3H3,(H,20,22)/t14-,16-,17-,18-,19-/m1/s1. The third-order valence-corrected chi connectivity index (χ3v) is 4.67. The number of methoxy groups -OCH3 is 1. The summed E-state index contributed by atoms with van der Waals surface area (Å²) in [5, 5.41) is 23.2. The van der Waals surface area contributed by atoms with Crippen molar-refractivity contribution >= 4 is 16.9 Å². The van der Waals surface area contributed by atoms with Crippen molar-refractivity contribution in [1.82, 2.24) is 5.32 Å². The summed E-state index contributed by atoms with van der Waals surface area (Å²) in [5.74, 6) is -0.0384. The summed E-state index contributed by atoms with van der Waals surface area (Å²) in [6.45, 7) is 2.66. The highest BCUT2D eigenvalue weighted by molar-refractivity contribution is 5.81. The monoisotopic (exact) mass is 393 g/mol. The van der Waals surface area contributed by atoms with Gasteiger partial charge in [-0.05, 0) is 24.6 Å². The Kier molecular flexibility index (Phi) is 5.99. The predicted octanol–water partition coefficient (Wildman–Crippen LogP) is 0.0780. The predicted molar refractivity (Wildman–Crippen MR) is 98.0 cm³/mol. The molecule has 1 saturated heterocycles. The van der Waals surface area contributed by atoms with Crippen LogP contribution in [-0.2, 0) is 14.3 Å². The molecule has 1 aliphatic heterocycles. The van der Waals surface area contributed by atoms with Crippen molar-refractivity contribution in [3.8, 4) is 5.75 Å². The number of fused-ring (bicyclic) bond motifs is 1. The lowest BCUT2D eigenvalue weighted by Crippen LogP contribution is -2.65. The van der Waals surface area contributed by atoms with Gasteiger partial charge in [0.25, 0.3) is 0 Å². The highest BCUT2D eigenvalue weighted by Gasteiger charge is 2.47. The van der Waals surface area contributed by atoms with Crippen LogP contribution >= 0.6 is 0 Å². The van der Waals surface area contributed by atoms with Crippen molar-refractivity contribution < 1.29 is 33.6 Å². The molecule has 0 unspecified atom stereocenters. The fourth-order valence-electron chi connectivity index (χ4n) is 3.35. The molecule has 152 valence electrons. The van der Waals surface area contributed by atoms with Crippen LogP contribution < -0.4 is 15.7 Å². The second-order valence-electron chi connectivity index (χ2n) is 6.67. The van der Waals surface area contributed by atoms with Crippen LogP contribution in [0.4, 0.5) is 0 Å². The first-order chi connectivity index (χ1) is 13.3. The molecule has 3 N–H and O–H groups in total. The van der Waals surface area contributed by atoms with Crippen molar-refractivity contribution in [3.05, 3.63) is 40.2 Å². The molecule has 1 amide bonds. The highest BCUT2D eigenvalue weighted by Crippen LogP contribution is 2.28. The summed E-state index contributed by atoms with van der Waals surface area (Å²) in [6.07, 6.45) is -4.03. The zero-order chi connectivity index (χ0) is 20.4. The molecule has 0 saturated carbocycles. The van der Waals surface area contributed by atoms with Gasteiger partial charge in [0.1, 0.15) is 35.7 Å². The summed E-state index contributed by atoms with van der Waals surface area (Å²) >= 11 is 0. The average Bonchev–Trinajstić information content (AvgIpc) is 2.63.